The summed E-state index contributed by atoms with van der Waals surface area (Å²) in [7, 11) is 0. The van der Waals surface area contributed by atoms with Gasteiger partial charge in [-0.3, -0.25) is 4.79 Å². The topological polar surface area (TPSA) is 29.1 Å². The van der Waals surface area contributed by atoms with Gasteiger partial charge in [0, 0.05) is 20.1 Å². The Kier molecular flexibility index (Phi) is 3.78. The van der Waals surface area contributed by atoms with E-state index < -0.39 is 0 Å². The van der Waals surface area contributed by atoms with Gasteiger partial charge in [-0.1, -0.05) is 45.7 Å². The van der Waals surface area contributed by atoms with Crippen LogP contribution in [0.15, 0.2) is 53.0 Å². The minimum Gasteiger partial charge on any atom is -0.312 e. The van der Waals surface area contributed by atoms with Gasteiger partial charge in [0.25, 0.3) is 5.91 Å². The molecule has 1 amide bonds. The molecule has 0 radical (unpaired) electrons. The Labute approximate surface area is 133 Å². The Morgan fingerprint density at radius 1 is 1.10 bits per heavy atom. The number of hydrogen-bond acceptors (Lipinski definition) is 2. The smallest absolute Gasteiger partial charge is 0.256 e. The standard InChI is InChI=1S/C15H9BrClNOS/c16-10-7-5-9(6-8-10)14(19)18-15-13(17)11-3-1-2-4-12(11)20-15/h1-8H,(H,18,19). The molecule has 3 rings (SSSR count). The van der Waals surface area contributed by atoms with Crippen LogP contribution >= 0.6 is 38.9 Å². The number of carbonyl (C=O) groups is 1. The van der Waals surface area contributed by atoms with Crippen LogP contribution in [0.3, 0.4) is 0 Å². The SMILES string of the molecule is O=C(Nc1sc2ccccc2c1Cl)c1ccc(Br)cc1. The molecule has 20 heavy (non-hydrogen) atoms. The normalized spacial score (nSPS) is 10.7. The Morgan fingerprint density at radius 2 is 1.80 bits per heavy atom. The van der Waals surface area contributed by atoms with Crippen LogP contribution < -0.4 is 5.32 Å². The molecule has 2 aromatic carbocycles. The summed E-state index contributed by atoms with van der Waals surface area (Å²) in [5.41, 5.74) is 0.599. The molecule has 0 aliphatic carbocycles. The number of hydrogen-bond donors (Lipinski definition) is 1. The molecule has 1 aromatic heterocycles. The summed E-state index contributed by atoms with van der Waals surface area (Å²) in [4.78, 5) is 12.2. The Balaban J connectivity index is 1.91. The van der Waals surface area contributed by atoms with Gasteiger partial charge in [-0.2, -0.15) is 0 Å². The third kappa shape index (κ3) is 2.59. The zero-order valence-corrected chi connectivity index (χ0v) is 13.3. The van der Waals surface area contributed by atoms with E-state index in [0.717, 1.165) is 14.6 Å². The van der Waals surface area contributed by atoms with Gasteiger partial charge in [-0.25, -0.2) is 0 Å². The van der Waals surface area contributed by atoms with Gasteiger partial charge in [0.05, 0.1) is 5.02 Å². The molecular weight excluding hydrogens is 358 g/mol. The monoisotopic (exact) mass is 365 g/mol. The van der Waals surface area contributed by atoms with Crippen molar-refractivity contribution in [2.75, 3.05) is 5.32 Å². The lowest BCUT2D eigenvalue weighted by Crippen LogP contribution is -2.10. The summed E-state index contributed by atoms with van der Waals surface area (Å²) in [5.74, 6) is -0.161. The van der Waals surface area contributed by atoms with Crippen molar-refractivity contribution in [1.82, 2.24) is 0 Å². The van der Waals surface area contributed by atoms with Crippen LogP contribution in [0.5, 0.6) is 0 Å². The second-order valence-electron chi connectivity index (χ2n) is 4.20. The highest BCUT2D eigenvalue weighted by Crippen LogP contribution is 2.39. The van der Waals surface area contributed by atoms with Crippen LogP contribution in [0, 0.1) is 0 Å². The van der Waals surface area contributed by atoms with E-state index >= 15 is 0 Å². The van der Waals surface area contributed by atoms with Crippen molar-refractivity contribution in [3.63, 3.8) is 0 Å². The second kappa shape index (κ2) is 5.56. The number of amides is 1. The van der Waals surface area contributed by atoms with E-state index in [1.165, 1.54) is 11.3 Å². The number of halogens is 2. The summed E-state index contributed by atoms with van der Waals surface area (Å²) in [6.07, 6.45) is 0. The molecule has 2 nitrogen and oxygen atoms in total. The molecule has 0 bridgehead atoms. The van der Waals surface area contributed by atoms with E-state index in [1.807, 2.05) is 36.4 Å². The van der Waals surface area contributed by atoms with Crippen LogP contribution in [-0.4, -0.2) is 5.91 Å². The molecule has 0 saturated carbocycles. The molecule has 0 aliphatic rings. The molecule has 100 valence electrons. The number of fused-ring (bicyclic) bond motifs is 1. The Morgan fingerprint density at radius 3 is 2.50 bits per heavy atom. The minimum atomic E-state index is -0.161. The lowest BCUT2D eigenvalue weighted by Gasteiger charge is -2.03. The molecule has 3 aromatic rings. The maximum Gasteiger partial charge on any atom is 0.256 e. The third-order valence-electron chi connectivity index (χ3n) is 2.87. The number of rotatable bonds is 2. The minimum absolute atomic E-state index is 0.161. The number of anilines is 1. The Bertz CT molecular complexity index is 782. The van der Waals surface area contributed by atoms with Crippen LogP contribution in [-0.2, 0) is 0 Å². The van der Waals surface area contributed by atoms with Crippen molar-refractivity contribution in [3.8, 4) is 0 Å². The van der Waals surface area contributed by atoms with Gasteiger partial charge in [0.2, 0.25) is 0 Å². The van der Waals surface area contributed by atoms with E-state index in [-0.39, 0.29) is 5.91 Å². The first-order valence-corrected chi connectivity index (χ1v) is 7.88. The maximum absolute atomic E-state index is 12.2. The highest BCUT2D eigenvalue weighted by atomic mass is 79.9. The first-order chi connectivity index (χ1) is 9.65. The van der Waals surface area contributed by atoms with Gasteiger partial charge in [-0.05, 0) is 30.3 Å². The average Bonchev–Trinajstić information content (AvgIpc) is 2.77. The molecule has 1 heterocycles. The van der Waals surface area contributed by atoms with Gasteiger partial charge in [0.1, 0.15) is 5.00 Å². The van der Waals surface area contributed by atoms with E-state index in [0.29, 0.717) is 15.6 Å². The van der Waals surface area contributed by atoms with E-state index in [9.17, 15) is 4.79 Å². The number of carbonyl (C=O) groups excluding carboxylic acids is 1. The number of benzene rings is 2. The van der Waals surface area contributed by atoms with E-state index in [2.05, 4.69) is 21.2 Å². The molecule has 0 aliphatic heterocycles. The summed E-state index contributed by atoms with van der Waals surface area (Å²) < 4.78 is 2.00. The van der Waals surface area contributed by atoms with Crippen molar-refractivity contribution in [2.24, 2.45) is 0 Å². The fourth-order valence-electron chi connectivity index (χ4n) is 1.87. The summed E-state index contributed by atoms with van der Waals surface area (Å²) in [6.45, 7) is 0. The van der Waals surface area contributed by atoms with Gasteiger partial charge in [0.15, 0.2) is 0 Å². The molecule has 1 N–H and O–H groups in total. The predicted octanol–water partition coefficient (Wildman–Crippen LogP) is 5.57. The van der Waals surface area contributed by atoms with Crippen LogP contribution in [0.4, 0.5) is 5.00 Å². The molecule has 0 spiro atoms. The fraction of sp³-hybridized carbons (Fsp3) is 0. The van der Waals surface area contributed by atoms with Crippen molar-refractivity contribution in [1.29, 1.82) is 0 Å². The van der Waals surface area contributed by atoms with Crippen molar-refractivity contribution in [2.45, 2.75) is 0 Å². The number of thiophene rings is 1. The molecular formula is C15H9BrClNOS. The van der Waals surface area contributed by atoms with Crippen molar-refractivity contribution < 1.29 is 4.79 Å². The molecule has 0 fully saturated rings. The van der Waals surface area contributed by atoms with E-state index in [4.69, 9.17) is 11.6 Å². The highest BCUT2D eigenvalue weighted by Gasteiger charge is 2.13. The van der Waals surface area contributed by atoms with Gasteiger partial charge in [-0.15, -0.1) is 11.3 Å². The number of nitrogens with one attached hydrogen (secondary N) is 1. The molecule has 5 heteroatoms. The molecule has 0 atom stereocenters. The molecule has 0 unspecified atom stereocenters. The van der Waals surface area contributed by atoms with Gasteiger partial charge >= 0.3 is 0 Å². The largest absolute Gasteiger partial charge is 0.312 e. The zero-order valence-electron chi connectivity index (χ0n) is 10.2. The third-order valence-corrected chi connectivity index (χ3v) is 4.99. The van der Waals surface area contributed by atoms with Crippen LogP contribution in [0.2, 0.25) is 5.02 Å². The van der Waals surface area contributed by atoms with Crippen LogP contribution in [0.25, 0.3) is 10.1 Å². The van der Waals surface area contributed by atoms with Crippen molar-refractivity contribution >= 4 is 59.9 Å². The van der Waals surface area contributed by atoms with E-state index in [1.54, 1.807) is 12.1 Å². The second-order valence-corrected chi connectivity index (χ2v) is 6.55. The summed E-state index contributed by atoms with van der Waals surface area (Å²) >= 11 is 11.1. The van der Waals surface area contributed by atoms with Crippen molar-refractivity contribution in [3.05, 3.63) is 63.6 Å². The Hall–Kier alpha value is -1.36. The molecule has 0 saturated heterocycles. The summed E-state index contributed by atoms with van der Waals surface area (Å²) in [5, 5.41) is 5.11. The average molecular weight is 367 g/mol. The lowest BCUT2D eigenvalue weighted by atomic mass is 10.2. The predicted molar refractivity (Wildman–Crippen MR) is 88.9 cm³/mol. The lowest BCUT2D eigenvalue weighted by molar-refractivity contribution is 0.102. The highest BCUT2D eigenvalue weighted by molar-refractivity contribution is 9.10. The van der Waals surface area contributed by atoms with Crippen LogP contribution in [0.1, 0.15) is 10.4 Å². The zero-order chi connectivity index (χ0) is 14.1. The first-order valence-electron chi connectivity index (χ1n) is 5.89. The quantitative estimate of drug-likeness (QED) is 0.631. The summed E-state index contributed by atoms with van der Waals surface area (Å²) in [6, 6.07) is 15.0. The first kappa shape index (κ1) is 13.6. The van der Waals surface area contributed by atoms with Gasteiger partial charge < -0.3 is 5.32 Å². The maximum atomic E-state index is 12.2. The fourth-order valence-corrected chi connectivity index (χ4v) is 3.51.